The second kappa shape index (κ2) is 8.99. The van der Waals surface area contributed by atoms with Gasteiger partial charge in [-0.25, -0.2) is 0 Å². The molecule has 1 heterocycles. The predicted molar refractivity (Wildman–Crippen MR) is 98.0 cm³/mol. The van der Waals surface area contributed by atoms with Gasteiger partial charge >= 0.3 is 0 Å². The van der Waals surface area contributed by atoms with Crippen molar-refractivity contribution in [2.45, 2.75) is 83.5 Å². The predicted octanol–water partition coefficient (Wildman–Crippen LogP) is 3.77. The zero-order valence-electron chi connectivity index (χ0n) is 15.7. The molecule has 0 bridgehead atoms. The van der Waals surface area contributed by atoms with Gasteiger partial charge in [-0.1, -0.05) is 41.5 Å². The summed E-state index contributed by atoms with van der Waals surface area (Å²) in [5.41, 5.74) is 2.72. The van der Waals surface area contributed by atoms with Crippen LogP contribution in [-0.4, -0.2) is 38.5 Å². The molecule has 2 N–H and O–H groups in total. The number of aliphatic hydroxyl groups excluding tert-OH is 1. The van der Waals surface area contributed by atoms with Gasteiger partial charge in [0.05, 0.1) is 12.6 Å². The van der Waals surface area contributed by atoms with Gasteiger partial charge in [-0.2, -0.15) is 0 Å². The van der Waals surface area contributed by atoms with Gasteiger partial charge < -0.3 is 14.8 Å². The zero-order chi connectivity index (χ0) is 17.6. The molecule has 1 atom stereocenters. The minimum atomic E-state index is -1.80. The third-order valence-electron chi connectivity index (χ3n) is 5.04. The molecule has 0 aromatic rings. The molecule has 23 heavy (non-hydrogen) atoms. The SMILES string of the molecule is CC(C)[Si](OCCCC1=CC(=O)C[C@H](CO)N1)(C(C)C)C(C)C. The first-order valence-electron chi connectivity index (χ1n) is 8.98. The molecule has 0 aliphatic carbocycles. The summed E-state index contributed by atoms with van der Waals surface area (Å²) in [5.74, 6) is 0.106. The molecule has 5 heteroatoms. The second-order valence-corrected chi connectivity index (χ2v) is 13.1. The van der Waals surface area contributed by atoms with Crippen molar-refractivity contribution in [3.8, 4) is 0 Å². The quantitative estimate of drug-likeness (QED) is 0.495. The topological polar surface area (TPSA) is 58.6 Å². The van der Waals surface area contributed by atoms with Crippen molar-refractivity contribution in [3.63, 3.8) is 0 Å². The van der Waals surface area contributed by atoms with E-state index in [1.165, 1.54) is 0 Å². The van der Waals surface area contributed by atoms with E-state index in [4.69, 9.17) is 4.43 Å². The van der Waals surface area contributed by atoms with Crippen LogP contribution in [0.5, 0.6) is 0 Å². The van der Waals surface area contributed by atoms with Gasteiger partial charge in [0, 0.05) is 24.8 Å². The molecule has 0 aromatic heterocycles. The van der Waals surface area contributed by atoms with E-state index in [2.05, 4.69) is 46.9 Å². The summed E-state index contributed by atoms with van der Waals surface area (Å²) in [7, 11) is -1.80. The molecule has 0 fully saturated rings. The summed E-state index contributed by atoms with van der Waals surface area (Å²) in [4.78, 5) is 11.7. The monoisotopic (exact) mass is 341 g/mol. The Balaban J connectivity index is 2.56. The normalized spacial score (nSPS) is 19.5. The fraction of sp³-hybridized carbons (Fsp3) is 0.833. The van der Waals surface area contributed by atoms with Gasteiger partial charge in [-0.05, 0) is 29.5 Å². The molecule has 0 spiro atoms. The highest BCUT2D eigenvalue weighted by molar-refractivity contribution is 6.77. The van der Waals surface area contributed by atoms with Gasteiger partial charge in [0.25, 0.3) is 0 Å². The van der Waals surface area contributed by atoms with E-state index in [0.29, 0.717) is 23.0 Å². The highest BCUT2D eigenvalue weighted by atomic mass is 28.4. The third-order valence-corrected chi connectivity index (χ3v) is 11.2. The van der Waals surface area contributed by atoms with Crippen LogP contribution in [-0.2, 0) is 9.22 Å². The summed E-state index contributed by atoms with van der Waals surface area (Å²) in [6.45, 7) is 14.5. The highest BCUT2D eigenvalue weighted by Gasteiger charge is 2.44. The van der Waals surface area contributed by atoms with Crippen molar-refractivity contribution < 1.29 is 14.3 Å². The number of allylic oxidation sites excluding steroid dienone is 2. The lowest BCUT2D eigenvalue weighted by Gasteiger charge is -2.42. The largest absolute Gasteiger partial charge is 0.416 e. The van der Waals surface area contributed by atoms with E-state index < -0.39 is 8.32 Å². The lowest BCUT2D eigenvalue weighted by molar-refractivity contribution is -0.115. The Bertz CT molecular complexity index is 397. The molecule has 1 rings (SSSR count). The standard InChI is InChI=1S/C18H35NO3Si/c1-13(2)23(14(3)4,15(5)6)22-9-7-8-16-10-18(21)11-17(12-20)19-16/h10,13-15,17,19-20H,7-9,11-12H2,1-6H3/t17-/m1/s1. The minimum absolute atomic E-state index is 0.00362. The van der Waals surface area contributed by atoms with Crippen LogP contribution in [0.3, 0.4) is 0 Å². The van der Waals surface area contributed by atoms with Crippen LogP contribution < -0.4 is 5.32 Å². The Hall–Kier alpha value is -0.653. The van der Waals surface area contributed by atoms with Crippen LogP contribution in [0.15, 0.2) is 11.8 Å². The van der Waals surface area contributed by atoms with Gasteiger partial charge in [0.2, 0.25) is 0 Å². The van der Waals surface area contributed by atoms with Crippen LogP contribution in [0.25, 0.3) is 0 Å². The van der Waals surface area contributed by atoms with Crippen molar-refractivity contribution in [3.05, 3.63) is 11.8 Å². The van der Waals surface area contributed by atoms with Crippen molar-refractivity contribution in [1.29, 1.82) is 0 Å². The fourth-order valence-electron chi connectivity index (χ4n) is 4.12. The molecule has 0 amide bonds. The maximum atomic E-state index is 11.7. The maximum Gasteiger partial charge on any atom is 0.200 e. The number of ketones is 1. The average molecular weight is 342 g/mol. The Morgan fingerprint density at radius 3 is 2.26 bits per heavy atom. The molecule has 0 saturated heterocycles. The summed E-state index contributed by atoms with van der Waals surface area (Å²) < 4.78 is 6.53. The Morgan fingerprint density at radius 2 is 1.78 bits per heavy atom. The Kier molecular flexibility index (Phi) is 7.97. The Labute approximate surface area is 142 Å². The molecule has 1 aliphatic rings. The van der Waals surface area contributed by atoms with Gasteiger partial charge in [-0.3, -0.25) is 4.79 Å². The van der Waals surface area contributed by atoms with Gasteiger partial charge in [-0.15, -0.1) is 0 Å². The first-order valence-corrected chi connectivity index (χ1v) is 11.1. The van der Waals surface area contributed by atoms with E-state index in [-0.39, 0.29) is 18.4 Å². The molecular weight excluding hydrogens is 306 g/mol. The third kappa shape index (κ3) is 5.16. The zero-order valence-corrected chi connectivity index (χ0v) is 16.7. The second-order valence-electron chi connectivity index (χ2n) is 7.63. The number of aliphatic hydroxyl groups is 1. The Morgan fingerprint density at radius 1 is 1.22 bits per heavy atom. The first-order chi connectivity index (χ1) is 10.7. The van der Waals surface area contributed by atoms with E-state index in [1.807, 2.05) is 0 Å². The number of rotatable bonds is 9. The van der Waals surface area contributed by atoms with Crippen LogP contribution in [0.2, 0.25) is 16.6 Å². The van der Waals surface area contributed by atoms with E-state index >= 15 is 0 Å². The van der Waals surface area contributed by atoms with E-state index in [0.717, 1.165) is 25.1 Å². The van der Waals surface area contributed by atoms with Crippen LogP contribution in [0.1, 0.15) is 60.8 Å². The van der Waals surface area contributed by atoms with Crippen molar-refractivity contribution in [1.82, 2.24) is 5.32 Å². The first kappa shape index (κ1) is 20.4. The molecule has 1 aliphatic heterocycles. The lowest BCUT2D eigenvalue weighted by Crippen LogP contribution is -2.48. The molecule has 134 valence electrons. The van der Waals surface area contributed by atoms with E-state index in [9.17, 15) is 9.90 Å². The number of carbonyl (C=O) groups excluding carboxylic acids is 1. The molecule has 0 aromatic carbocycles. The minimum Gasteiger partial charge on any atom is -0.416 e. The van der Waals surface area contributed by atoms with E-state index in [1.54, 1.807) is 6.08 Å². The molecule has 0 radical (unpaired) electrons. The molecular formula is C18H35NO3Si. The number of nitrogens with one attached hydrogen (secondary N) is 1. The fourth-order valence-corrected chi connectivity index (χ4v) is 9.61. The van der Waals surface area contributed by atoms with Crippen molar-refractivity contribution >= 4 is 14.1 Å². The summed E-state index contributed by atoms with van der Waals surface area (Å²) in [6, 6.07) is -0.126. The van der Waals surface area contributed by atoms with Crippen molar-refractivity contribution in [2.24, 2.45) is 0 Å². The molecule has 4 nitrogen and oxygen atoms in total. The lowest BCUT2D eigenvalue weighted by atomic mass is 10.0. The van der Waals surface area contributed by atoms with Crippen LogP contribution in [0.4, 0.5) is 0 Å². The summed E-state index contributed by atoms with van der Waals surface area (Å²) in [5, 5.41) is 12.5. The number of hydrogen-bond donors (Lipinski definition) is 2. The van der Waals surface area contributed by atoms with Crippen molar-refractivity contribution in [2.75, 3.05) is 13.2 Å². The maximum absolute atomic E-state index is 11.7. The average Bonchev–Trinajstić information content (AvgIpc) is 2.45. The van der Waals surface area contributed by atoms with Crippen LogP contribution >= 0.6 is 0 Å². The van der Waals surface area contributed by atoms with Gasteiger partial charge in [0.1, 0.15) is 0 Å². The van der Waals surface area contributed by atoms with Crippen LogP contribution in [0, 0.1) is 0 Å². The highest BCUT2D eigenvalue weighted by Crippen LogP contribution is 2.42. The molecule has 0 saturated carbocycles. The number of hydrogen-bond acceptors (Lipinski definition) is 4. The summed E-state index contributed by atoms with van der Waals surface area (Å²) in [6.07, 6.45) is 3.79. The number of carbonyl (C=O) groups is 1. The molecule has 0 unspecified atom stereocenters. The summed E-state index contributed by atoms with van der Waals surface area (Å²) >= 11 is 0. The smallest absolute Gasteiger partial charge is 0.200 e. The van der Waals surface area contributed by atoms with Gasteiger partial charge in [0.15, 0.2) is 14.1 Å².